The Morgan fingerprint density at radius 1 is 1.32 bits per heavy atom. The van der Waals surface area contributed by atoms with Gasteiger partial charge in [-0.3, -0.25) is 9.59 Å². The maximum Gasteiger partial charge on any atom is 0.429 e. The summed E-state index contributed by atoms with van der Waals surface area (Å²) >= 11 is 5.73. The first-order chi connectivity index (χ1) is 11.7. The number of rotatable bonds is 4. The molecule has 1 heterocycles. The third kappa shape index (κ3) is 4.98. The molecule has 1 aliphatic heterocycles. The van der Waals surface area contributed by atoms with Gasteiger partial charge in [0.25, 0.3) is 0 Å². The molecule has 0 aromatic heterocycles. The molecule has 2 rings (SSSR count). The minimum absolute atomic E-state index is 0.124. The van der Waals surface area contributed by atoms with Gasteiger partial charge in [-0.2, -0.15) is 13.2 Å². The summed E-state index contributed by atoms with van der Waals surface area (Å²) < 4.78 is 44.7. The Kier molecular flexibility index (Phi) is 6.11. The van der Waals surface area contributed by atoms with Crippen LogP contribution in [0.25, 0.3) is 0 Å². The van der Waals surface area contributed by atoms with E-state index in [0.29, 0.717) is 0 Å². The quantitative estimate of drug-likeness (QED) is 0.592. The minimum atomic E-state index is -4.75. The molecule has 0 aliphatic carbocycles. The fourth-order valence-corrected chi connectivity index (χ4v) is 2.87. The van der Waals surface area contributed by atoms with Crippen LogP contribution < -0.4 is 0 Å². The Labute approximate surface area is 148 Å². The lowest BCUT2D eigenvalue weighted by Crippen LogP contribution is -2.40. The molecular weight excluding hydrogens is 359 g/mol. The van der Waals surface area contributed by atoms with Gasteiger partial charge in [0, 0.05) is 23.7 Å². The Hall–Kier alpha value is -2.02. The zero-order chi connectivity index (χ0) is 18.6. The van der Waals surface area contributed by atoms with Crippen molar-refractivity contribution in [3.05, 3.63) is 47.5 Å². The molecule has 0 N–H and O–H groups in total. The summed E-state index contributed by atoms with van der Waals surface area (Å²) in [6, 6.07) is 5.14. The number of benzene rings is 1. The smallest absolute Gasteiger partial charge is 0.429 e. The first kappa shape index (κ1) is 19.3. The molecule has 1 fully saturated rings. The molecule has 1 aromatic rings. The lowest BCUT2D eigenvalue weighted by molar-refractivity contribution is -0.226. The molecule has 8 heteroatoms. The Balaban J connectivity index is 2.06. The number of likely N-dealkylation sites (tertiary alicyclic amines) is 1. The van der Waals surface area contributed by atoms with Gasteiger partial charge in [-0.25, -0.2) is 0 Å². The predicted molar refractivity (Wildman–Crippen MR) is 85.8 cm³/mol. The average Bonchev–Trinajstić information content (AvgIpc) is 2.57. The Morgan fingerprint density at radius 3 is 2.48 bits per heavy atom. The molecule has 0 saturated carbocycles. The van der Waals surface area contributed by atoms with Gasteiger partial charge in [-0.05, 0) is 31.1 Å². The zero-order valence-corrected chi connectivity index (χ0v) is 14.0. The summed E-state index contributed by atoms with van der Waals surface area (Å²) in [5, 5.41) is 0.124. The number of ether oxygens (including phenoxy) is 1. The highest BCUT2D eigenvalue weighted by molar-refractivity contribution is 6.30. The standard InChI is InChI=1S/C17H17ClF3NO3/c1-2-14(23)22-8-6-11(7-9-22)16(24)25-15(17(19,20)21)12-4-3-5-13(18)10-12/h2-5,10-11,15H,1,6-9H2. The fraction of sp³-hybridized carbons (Fsp3) is 0.412. The van der Waals surface area contributed by atoms with Crippen LogP contribution in [0.5, 0.6) is 0 Å². The number of halogens is 4. The summed E-state index contributed by atoms with van der Waals surface area (Å²) in [6.07, 6.45) is -5.46. The molecule has 1 unspecified atom stereocenters. The molecule has 0 spiro atoms. The van der Waals surface area contributed by atoms with Gasteiger partial charge in [0.1, 0.15) is 0 Å². The SMILES string of the molecule is C=CC(=O)N1CCC(C(=O)OC(c2cccc(Cl)c2)C(F)(F)F)CC1. The van der Waals surface area contributed by atoms with Crippen LogP contribution in [0.15, 0.2) is 36.9 Å². The molecule has 1 aliphatic rings. The highest BCUT2D eigenvalue weighted by Crippen LogP contribution is 2.37. The van der Waals surface area contributed by atoms with Crippen molar-refractivity contribution < 1.29 is 27.5 Å². The van der Waals surface area contributed by atoms with Crippen LogP contribution in [0.2, 0.25) is 5.02 Å². The van der Waals surface area contributed by atoms with E-state index in [9.17, 15) is 22.8 Å². The summed E-state index contributed by atoms with van der Waals surface area (Å²) in [5.41, 5.74) is -0.229. The van der Waals surface area contributed by atoms with Crippen molar-refractivity contribution in [3.8, 4) is 0 Å². The van der Waals surface area contributed by atoms with Crippen molar-refractivity contribution in [1.29, 1.82) is 0 Å². The number of piperidine rings is 1. The molecule has 25 heavy (non-hydrogen) atoms. The Bertz CT molecular complexity index is 655. The second-order valence-corrected chi connectivity index (χ2v) is 6.15. The number of esters is 1. The molecule has 136 valence electrons. The third-order valence-electron chi connectivity index (χ3n) is 4.00. The van der Waals surface area contributed by atoms with Gasteiger partial charge in [0.2, 0.25) is 12.0 Å². The minimum Gasteiger partial charge on any atom is -0.447 e. The van der Waals surface area contributed by atoms with E-state index in [-0.39, 0.29) is 42.4 Å². The fourth-order valence-electron chi connectivity index (χ4n) is 2.67. The molecule has 1 atom stereocenters. The normalized spacial score (nSPS) is 17.0. The average molecular weight is 376 g/mol. The van der Waals surface area contributed by atoms with E-state index in [1.54, 1.807) is 0 Å². The largest absolute Gasteiger partial charge is 0.447 e. The van der Waals surface area contributed by atoms with Crippen LogP contribution in [0, 0.1) is 5.92 Å². The van der Waals surface area contributed by atoms with E-state index in [2.05, 4.69) is 6.58 Å². The number of carbonyl (C=O) groups excluding carboxylic acids is 2. The Morgan fingerprint density at radius 2 is 1.96 bits per heavy atom. The molecule has 1 saturated heterocycles. The number of amides is 1. The first-order valence-corrected chi connectivity index (χ1v) is 8.04. The van der Waals surface area contributed by atoms with Gasteiger partial charge in [0.15, 0.2) is 0 Å². The van der Waals surface area contributed by atoms with Gasteiger partial charge >= 0.3 is 12.1 Å². The summed E-state index contributed by atoms with van der Waals surface area (Å²) in [4.78, 5) is 25.2. The molecule has 1 aromatic carbocycles. The van der Waals surface area contributed by atoms with Crippen LogP contribution in [0.3, 0.4) is 0 Å². The second-order valence-electron chi connectivity index (χ2n) is 5.72. The number of alkyl halides is 3. The molecule has 4 nitrogen and oxygen atoms in total. The van der Waals surface area contributed by atoms with Crippen molar-refractivity contribution in [1.82, 2.24) is 4.90 Å². The maximum atomic E-state index is 13.3. The zero-order valence-electron chi connectivity index (χ0n) is 13.3. The third-order valence-corrected chi connectivity index (χ3v) is 4.23. The highest BCUT2D eigenvalue weighted by atomic mass is 35.5. The highest BCUT2D eigenvalue weighted by Gasteiger charge is 2.45. The van der Waals surface area contributed by atoms with E-state index in [1.807, 2.05) is 0 Å². The van der Waals surface area contributed by atoms with Crippen LogP contribution in [0.1, 0.15) is 24.5 Å². The molecular formula is C17H17ClF3NO3. The van der Waals surface area contributed by atoms with Crippen LogP contribution in [-0.4, -0.2) is 36.0 Å². The van der Waals surface area contributed by atoms with Gasteiger partial charge in [-0.1, -0.05) is 30.3 Å². The summed E-state index contributed by atoms with van der Waals surface area (Å²) in [5.74, 6) is -1.87. The second kappa shape index (κ2) is 7.91. The van der Waals surface area contributed by atoms with E-state index in [0.717, 1.165) is 12.1 Å². The van der Waals surface area contributed by atoms with Crippen molar-refractivity contribution >= 4 is 23.5 Å². The maximum absolute atomic E-state index is 13.3. The molecule has 1 amide bonds. The van der Waals surface area contributed by atoms with Crippen LogP contribution in [0.4, 0.5) is 13.2 Å². The van der Waals surface area contributed by atoms with Crippen molar-refractivity contribution in [2.75, 3.05) is 13.1 Å². The number of nitrogens with zero attached hydrogens (tertiary/aromatic N) is 1. The molecule has 0 bridgehead atoms. The lowest BCUT2D eigenvalue weighted by Gasteiger charge is -2.31. The number of hydrogen-bond acceptors (Lipinski definition) is 3. The van der Waals surface area contributed by atoms with E-state index >= 15 is 0 Å². The van der Waals surface area contributed by atoms with E-state index < -0.39 is 24.2 Å². The van der Waals surface area contributed by atoms with Crippen LogP contribution in [-0.2, 0) is 14.3 Å². The number of carbonyl (C=O) groups is 2. The summed E-state index contributed by atoms with van der Waals surface area (Å²) in [6.45, 7) is 3.93. The predicted octanol–water partition coefficient (Wildman–Crippen LogP) is 3.91. The van der Waals surface area contributed by atoms with Crippen LogP contribution >= 0.6 is 11.6 Å². The first-order valence-electron chi connectivity index (χ1n) is 7.66. The van der Waals surface area contributed by atoms with Crippen molar-refractivity contribution in [2.24, 2.45) is 5.92 Å². The van der Waals surface area contributed by atoms with Crippen molar-refractivity contribution in [3.63, 3.8) is 0 Å². The summed E-state index contributed by atoms with van der Waals surface area (Å²) in [7, 11) is 0. The van der Waals surface area contributed by atoms with Crippen molar-refractivity contribution in [2.45, 2.75) is 25.1 Å². The van der Waals surface area contributed by atoms with Gasteiger partial charge in [0.05, 0.1) is 5.92 Å². The van der Waals surface area contributed by atoms with E-state index in [1.165, 1.54) is 23.1 Å². The molecule has 0 radical (unpaired) electrons. The van der Waals surface area contributed by atoms with Gasteiger partial charge < -0.3 is 9.64 Å². The van der Waals surface area contributed by atoms with E-state index in [4.69, 9.17) is 16.3 Å². The van der Waals surface area contributed by atoms with Gasteiger partial charge in [-0.15, -0.1) is 0 Å². The lowest BCUT2D eigenvalue weighted by atomic mass is 9.96. The number of hydrogen-bond donors (Lipinski definition) is 0. The topological polar surface area (TPSA) is 46.6 Å². The monoisotopic (exact) mass is 375 g/mol.